The summed E-state index contributed by atoms with van der Waals surface area (Å²) < 4.78 is 91.1. The van der Waals surface area contributed by atoms with Gasteiger partial charge < -0.3 is 19.1 Å². The van der Waals surface area contributed by atoms with Crippen LogP contribution in [-0.2, 0) is 26.4 Å². The lowest BCUT2D eigenvalue weighted by molar-refractivity contribution is -0.137. The lowest BCUT2D eigenvalue weighted by atomic mass is 10.1. The van der Waals surface area contributed by atoms with Gasteiger partial charge >= 0.3 is 12.4 Å². The first-order chi connectivity index (χ1) is 20.9. The summed E-state index contributed by atoms with van der Waals surface area (Å²) in [5.74, 6) is 0.460. The number of hydrogen-bond acceptors (Lipinski definition) is 5. The van der Waals surface area contributed by atoms with Crippen molar-refractivity contribution >= 4 is 46.4 Å². The Labute approximate surface area is 243 Å². The molecule has 2 aliphatic heterocycles. The van der Waals surface area contributed by atoms with Crippen molar-refractivity contribution in [2.75, 3.05) is 0 Å². The van der Waals surface area contributed by atoms with Crippen LogP contribution in [0, 0.1) is 0 Å². The van der Waals surface area contributed by atoms with Crippen LogP contribution in [0.2, 0.25) is 0 Å². The summed E-state index contributed by atoms with van der Waals surface area (Å²) in [5.41, 5.74) is -2.64. The molecule has 7 rings (SSSR count). The van der Waals surface area contributed by atoms with Crippen LogP contribution in [0.1, 0.15) is 33.9 Å². The number of nitrogens with one attached hydrogen (secondary N) is 2. The van der Waals surface area contributed by atoms with Gasteiger partial charge in [-0.1, -0.05) is 0 Å². The van der Waals surface area contributed by atoms with Crippen LogP contribution in [0.4, 0.5) is 26.3 Å². The van der Waals surface area contributed by atoms with Gasteiger partial charge in [0.25, 0.3) is 0 Å². The van der Waals surface area contributed by atoms with Crippen molar-refractivity contribution in [3.63, 3.8) is 0 Å². The number of hydrogen-bond donors (Lipinski definition) is 2. The average molecular weight is 608 g/mol. The number of imidazole rings is 1. The normalized spacial score (nSPS) is 13.3. The van der Waals surface area contributed by atoms with Gasteiger partial charge in [0, 0.05) is 26.5 Å². The van der Waals surface area contributed by atoms with Gasteiger partial charge in [-0.05, 0) is 48.6 Å². The molecule has 0 radical (unpaired) electrons. The number of nitrogens with zero attached hydrogens (tertiary/aromatic N) is 7. The summed E-state index contributed by atoms with van der Waals surface area (Å²) in [4.78, 5) is 18.6. The third-order valence-electron chi connectivity index (χ3n) is 7.30. The first kappa shape index (κ1) is 27.4. The molecule has 0 atom stereocenters. The molecule has 7 heterocycles. The molecular weight excluding hydrogens is 588 g/mol. The van der Waals surface area contributed by atoms with Gasteiger partial charge in [-0.25, -0.2) is 15.0 Å². The minimum atomic E-state index is -4.83. The van der Waals surface area contributed by atoms with E-state index in [2.05, 4.69) is 35.1 Å². The Balaban J connectivity index is 1.73. The SMILES string of the molecule is Cn1ccnc1-c1c2nc(c(C(F)(F)F)c3ccc([nH]3)c(-c3nncn3C)c3nc(c(C(F)(F)F)c4ccc1[nH]4)C=C3)C=C2. The van der Waals surface area contributed by atoms with Crippen LogP contribution in [-0.4, -0.2) is 44.3 Å². The average Bonchev–Trinajstić information content (AvgIpc) is 3.76. The molecule has 15 heteroatoms. The van der Waals surface area contributed by atoms with Gasteiger partial charge in [0.1, 0.15) is 23.3 Å². The van der Waals surface area contributed by atoms with Crippen LogP contribution in [0.15, 0.2) is 43.0 Å². The summed E-state index contributed by atoms with van der Waals surface area (Å²) >= 11 is 0. The smallest absolute Gasteiger partial charge is 0.354 e. The predicted octanol–water partition coefficient (Wildman–Crippen LogP) is 6.89. The molecule has 0 unspecified atom stereocenters. The fourth-order valence-electron chi connectivity index (χ4n) is 5.39. The highest BCUT2D eigenvalue weighted by molar-refractivity contribution is 5.92. The number of halogens is 6. The van der Waals surface area contributed by atoms with Gasteiger partial charge in [0.05, 0.1) is 56.0 Å². The Morgan fingerprint density at radius 1 is 0.614 bits per heavy atom. The van der Waals surface area contributed by atoms with Gasteiger partial charge in [-0.15, -0.1) is 10.2 Å². The molecule has 222 valence electrons. The Hall–Kier alpha value is -5.47. The largest absolute Gasteiger partial charge is 0.420 e. The highest BCUT2D eigenvalue weighted by Gasteiger charge is 2.38. The van der Waals surface area contributed by atoms with Crippen LogP contribution in [0.5, 0.6) is 0 Å². The molecule has 5 aromatic rings. The zero-order valence-electron chi connectivity index (χ0n) is 22.7. The van der Waals surface area contributed by atoms with Crippen LogP contribution >= 0.6 is 0 Å². The highest BCUT2D eigenvalue weighted by Crippen LogP contribution is 2.40. The predicted molar refractivity (Wildman–Crippen MR) is 151 cm³/mol. The van der Waals surface area contributed by atoms with E-state index in [1.807, 2.05) is 0 Å². The molecule has 2 aliphatic rings. The topological polar surface area (TPSA) is 106 Å². The second-order valence-electron chi connectivity index (χ2n) is 10.1. The van der Waals surface area contributed by atoms with E-state index in [9.17, 15) is 26.3 Å². The first-order valence-corrected chi connectivity index (χ1v) is 13.0. The lowest BCUT2D eigenvalue weighted by Crippen LogP contribution is -2.08. The summed E-state index contributed by atoms with van der Waals surface area (Å²) in [7, 11) is 3.25. The maximum atomic E-state index is 14.7. The van der Waals surface area contributed by atoms with E-state index >= 15 is 0 Å². The monoisotopic (exact) mass is 607 g/mol. The third-order valence-corrected chi connectivity index (χ3v) is 7.30. The standard InChI is InChI=1S/C29H19F6N9/c1-43-12-11-36-26(43)22-14-3-7-18(38-14)24(28(30,31)32)20-9-5-16(40-20)23(27-42-37-13-44(27)2)17-6-10-21(41-17)25(29(33,34)35)19-8-4-15(22)39-19/h3-13,38,41H,1-2H3. The van der Waals surface area contributed by atoms with Gasteiger partial charge in [-0.2, -0.15) is 26.3 Å². The van der Waals surface area contributed by atoms with Crippen molar-refractivity contribution in [2.45, 2.75) is 12.4 Å². The molecule has 2 N–H and O–H groups in total. The number of aromatic nitrogens is 9. The zero-order chi connectivity index (χ0) is 31.0. The molecule has 0 aromatic carbocycles. The highest BCUT2D eigenvalue weighted by atomic mass is 19.4. The fourth-order valence-corrected chi connectivity index (χ4v) is 5.39. The van der Waals surface area contributed by atoms with Gasteiger partial charge in [0.2, 0.25) is 0 Å². The maximum Gasteiger partial charge on any atom is 0.420 e. The number of rotatable bonds is 2. The van der Waals surface area contributed by atoms with Crippen molar-refractivity contribution in [1.82, 2.24) is 44.3 Å². The van der Waals surface area contributed by atoms with Gasteiger partial charge in [0.15, 0.2) is 5.82 Å². The molecule has 9 nitrogen and oxygen atoms in total. The number of alkyl halides is 6. The molecule has 0 aliphatic carbocycles. The van der Waals surface area contributed by atoms with Crippen molar-refractivity contribution < 1.29 is 26.3 Å². The molecule has 0 saturated carbocycles. The first-order valence-electron chi connectivity index (χ1n) is 13.0. The number of aryl methyl sites for hydroxylation is 2. The zero-order valence-corrected chi connectivity index (χ0v) is 22.7. The minimum Gasteiger partial charge on any atom is -0.354 e. The van der Waals surface area contributed by atoms with E-state index in [-0.39, 0.29) is 61.9 Å². The van der Waals surface area contributed by atoms with E-state index in [1.54, 1.807) is 24.9 Å². The van der Waals surface area contributed by atoms with Gasteiger partial charge in [-0.3, -0.25) is 0 Å². The van der Waals surface area contributed by atoms with Crippen molar-refractivity contribution in [2.24, 2.45) is 14.1 Å². The number of aromatic amines is 2. The Morgan fingerprint density at radius 2 is 1.09 bits per heavy atom. The van der Waals surface area contributed by atoms with Crippen molar-refractivity contribution in [1.29, 1.82) is 0 Å². The quantitative estimate of drug-likeness (QED) is 0.208. The molecular formula is C29H19F6N9. The Kier molecular flexibility index (Phi) is 5.92. The Bertz CT molecular complexity index is 2030. The fraction of sp³-hybridized carbons (Fsp3) is 0.138. The van der Waals surface area contributed by atoms with E-state index in [4.69, 9.17) is 0 Å². The van der Waals surface area contributed by atoms with E-state index < -0.39 is 29.2 Å². The maximum absolute atomic E-state index is 14.7. The molecule has 0 amide bonds. The second kappa shape index (κ2) is 9.52. The van der Waals surface area contributed by atoms with E-state index in [1.165, 1.54) is 65.7 Å². The van der Waals surface area contributed by atoms with Crippen molar-refractivity contribution in [3.8, 4) is 22.8 Å². The summed E-state index contributed by atoms with van der Waals surface area (Å²) in [5, 5.41) is 7.91. The number of H-pyrrole nitrogens is 2. The minimum absolute atomic E-state index is 0.0488. The van der Waals surface area contributed by atoms with Crippen LogP contribution in [0.25, 0.3) is 69.1 Å². The van der Waals surface area contributed by atoms with E-state index in [0.717, 1.165) is 0 Å². The summed E-state index contributed by atoms with van der Waals surface area (Å²) in [6, 6.07) is 5.27. The molecule has 8 bridgehead atoms. The van der Waals surface area contributed by atoms with Crippen LogP contribution < -0.4 is 0 Å². The molecule has 0 fully saturated rings. The second-order valence-corrected chi connectivity index (χ2v) is 10.1. The molecule has 0 spiro atoms. The summed E-state index contributed by atoms with van der Waals surface area (Å²) in [6.45, 7) is 0. The lowest BCUT2D eigenvalue weighted by Gasteiger charge is -2.09. The van der Waals surface area contributed by atoms with Crippen molar-refractivity contribution in [3.05, 3.63) is 76.9 Å². The number of fused-ring (bicyclic) bond motifs is 8. The summed E-state index contributed by atoms with van der Waals surface area (Å²) in [6.07, 6.45) is -0.0616. The third kappa shape index (κ3) is 4.39. The molecule has 0 saturated heterocycles. The van der Waals surface area contributed by atoms with E-state index in [0.29, 0.717) is 0 Å². The Morgan fingerprint density at radius 3 is 1.52 bits per heavy atom. The molecule has 44 heavy (non-hydrogen) atoms. The molecule has 5 aromatic heterocycles. The van der Waals surface area contributed by atoms with Crippen LogP contribution in [0.3, 0.4) is 0 Å².